The molecule has 0 fully saturated rings. The van der Waals surface area contributed by atoms with Gasteiger partial charge in [-0.15, -0.1) is 0 Å². The third-order valence-electron chi connectivity index (χ3n) is 4.27. The first kappa shape index (κ1) is 19.6. The molecule has 1 heterocycles. The number of aromatic nitrogens is 3. The molecular formula is C22H12F5N3. The minimum atomic E-state index is -4.48. The van der Waals surface area contributed by atoms with E-state index in [1.807, 2.05) is 0 Å². The van der Waals surface area contributed by atoms with Gasteiger partial charge in [0.2, 0.25) is 0 Å². The molecule has 0 bridgehead atoms. The smallest absolute Gasteiger partial charge is 0.208 e. The van der Waals surface area contributed by atoms with E-state index in [2.05, 4.69) is 15.0 Å². The monoisotopic (exact) mass is 413 g/mol. The predicted octanol–water partition coefficient (Wildman–Crippen LogP) is 6.17. The highest BCUT2D eigenvalue weighted by Crippen LogP contribution is 2.31. The normalized spacial score (nSPS) is 11.5. The van der Waals surface area contributed by atoms with Crippen LogP contribution in [0.1, 0.15) is 5.56 Å². The number of alkyl halides is 3. The molecule has 0 saturated carbocycles. The summed E-state index contributed by atoms with van der Waals surface area (Å²) in [5.74, 6) is -0.706. The Kier molecular flexibility index (Phi) is 4.99. The summed E-state index contributed by atoms with van der Waals surface area (Å²) >= 11 is 0. The summed E-state index contributed by atoms with van der Waals surface area (Å²) in [6, 6.07) is 15.4. The molecule has 150 valence electrons. The Balaban J connectivity index is 1.87. The molecule has 1 aromatic heterocycles. The van der Waals surface area contributed by atoms with E-state index in [-0.39, 0.29) is 17.5 Å². The molecule has 0 N–H and O–H groups in total. The van der Waals surface area contributed by atoms with Crippen LogP contribution in [-0.4, -0.2) is 15.0 Å². The van der Waals surface area contributed by atoms with Crippen molar-refractivity contribution in [3.8, 4) is 34.2 Å². The van der Waals surface area contributed by atoms with Crippen molar-refractivity contribution in [2.75, 3.05) is 0 Å². The fourth-order valence-corrected chi connectivity index (χ4v) is 2.83. The Morgan fingerprint density at radius 3 is 1.37 bits per heavy atom. The maximum absolute atomic E-state index is 13.7. The molecule has 4 rings (SSSR count). The average Bonchev–Trinajstić information content (AvgIpc) is 2.73. The van der Waals surface area contributed by atoms with E-state index >= 15 is 0 Å². The van der Waals surface area contributed by atoms with E-state index in [0.717, 1.165) is 12.1 Å². The predicted molar refractivity (Wildman–Crippen MR) is 101 cm³/mol. The van der Waals surface area contributed by atoms with Gasteiger partial charge < -0.3 is 0 Å². The van der Waals surface area contributed by atoms with Gasteiger partial charge in [-0.1, -0.05) is 36.4 Å². The van der Waals surface area contributed by atoms with Gasteiger partial charge in [-0.25, -0.2) is 23.7 Å². The van der Waals surface area contributed by atoms with Crippen LogP contribution in [0.25, 0.3) is 34.2 Å². The quantitative estimate of drug-likeness (QED) is 0.377. The van der Waals surface area contributed by atoms with Crippen LogP contribution in [-0.2, 0) is 6.18 Å². The van der Waals surface area contributed by atoms with Crippen LogP contribution < -0.4 is 0 Å². The second kappa shape index (κ2) is 7.62. The topological polar surface area (TPSA) is 38.7 Å². The lowest BCUT2D eigenvalue weighted by Gasteiger charge is -2.10. The average molecular weight is 413 g/mol. The Hall–Kier alpha value is -3.68. The van der Waals surface area contributed by atoms with Gasteiger partial charge >= 0.3 is 6.18 Å². The molecule has 0 saturated heterocycles. The van der Waals surface area contributed by atoms with E-state index in [1.165, 1.54) is 48.5 Å². The van der Waals surface area contributed by atoms with Gasteiger partial charge in [0.25, 0.3) is 0 Å². The summed E-state index contributed by atoms with van der Waals surface area (Å²) in [5, 5.41) is 0. The number of rotatable bonds is 3. The summed E-state index contributed by atoms with van der Waals surface area (Å²) in [7, 11) is 0. The third-order valence-corrected chi connectivity index (χ3v) is 4.27. The Labute approximate surface area is 167 Å². The second-order valence-corrected chi connectivity index (χ2v) is 6.40. The molecule has 0 aliphatic heterocycles. The van der Waals surface area contributed by atoms with Gasteiger partial charge in [0.15, 0.2) is 17.5 Å². The lowest BCUT2D eigenvalue weighted by atomic mass is 10.1. The molecule has 0 unspecified atom stereocenters. The van der Waals surface area contributed by atoms with Crippen molar-refractivity contribution < 1.29 is 22.0 Å². The summed E-state index contributed by atoms with van der Waals surface area (Å²) in [5.41, 5.74) is 0.197. The lowest BCUT2D eigenvalue weighted by molar-refractivity contribution is -0.137. The molecule has 0 atom stereocenters. The summed E-state index contributed by atoms with van der Waals surface area (Å²) in [6.07, 6.45) is -4.48. The van der Waals surface area contributed by atoms with E-state index < -0.39 is 23.4 Å². The highest BCUT2D eigenvalue weighted by molar-refractivity contribution is 5.66. The Morgan fingerprint density at radius 2 is 0.967 bits per heavy atom. The lowest BCUT2D eigenvalue weighted by Crippen LogP contribution is -2.05. The molecule has 0 aliphatic rings. The van der Waals surface area contributed by atoms with Crippen LogP contribution in [0.15, 0.2) is 72.8 Å². The van der Waals surface area contributed by atoms with Gasteiger partial charge in [0.05, 0.1) is 5.56 Å². The van der Waals surface area contributed by atoms with Crippen molar-refractivity contribution in [2.45, 2.75) is 6.18 Å². The molecule has 30 heavy (non-hydrogen) atoms. The first-order chi connectivity index (χ1) is 14.3. The maximum atomic E-state index is 13.7. The molecule has 0 spiro atoms. The maximum Gasteiger partial charge on any atom is 0.416 e. The molecule has 8 heteroatoms. The largest absolute Gasteiger partial charge is 0.416 e. The third kappa shape index (κ3) is 4.17. The van der Waals surface area contributed by atoms with Crippen LogP contribution in [0.2, 0.25) is 0 Å². The molecule has 3 nitrogen and oxygen atoms in total. The number of halogens is 5. The zero-order chi connectivity index (χ0) is 21.3. The second-order valence-electron chi connectivity index (χ2n) is 6.40. The van der Waals surface area contributed by atoms with Crippen molar-refractivity contribution >= 4 is 0 Å². The summed E-state index contributed by atoms with van der Waals surface area (Å²) in [4.78, 5) is 12.9. The van der Waals surface area contributed by atoms with Gasteiger partial charge in [0.1, 0.15) is 11.6 Å². The highest BCUT2D eigenvalue weighted by atomic mass is 19.4. The zero-order valence-electron chi connectivity index (χ0n) is 15.2. The fourth-order valence-electron chi connectivity index (χ4n) is 2.83. The van der Waals surface area contributed by atoms with E-state index in [9.17, 15) is 22.0 Å². The summed E-state index contributed by atoms with van der Waals surface area (Å²) < 4.78 is 65.9. The van der Waals surface area contributed by atoms with E-state index in [1.54, 1.807) is 12.1 Å². The van der Waals surface area contributed by atoms with Crippen molar-refractivity contribution in [1.29, 1.82) is 0 Å². The van der Waals surface area contributed by atoms with E-state index in [0.29, 0.717) is 16.7 Å². The number of hydrogen-bond acceptors (Lipinski definition) is 3. The van der Waals surface area contributed by atoms with Crippen LogP contribution >= 0.6 is 0 Å². The summed E-state index contributed by atoms with van der Waals surface area (Å²) in [6.45, 7) is 0. The first-order valence-electron chi connectivity index (χ1n) is 8.75. The zero-order valence-corrected chi connectivity index (χ0v) is 15.2. The van der Waals surface area contributed by atoms with E-state index in [4.69, 9.17) is 0 Å². The SMILES string of the molecule is Fc1cccc(-c2nc(-c3ccc(C(F)(F)F)cc3)nc(-c3cccc(F)c3)n2)c1. The Bertz CT molecular complexity index is 1140. The minimum absolute atomic E-state index is 0.0808. The van der Waals surface area contributed by atoms with Gasteiger partial charge in [-0.3, -0.25) is 0 Å². The number of hydrogen-bond donors (Lipinski definition) is 0. The standard InChI is InChI=1S/C22H12F5N3/c23-17-5-1-3-14(11-17)20-28-19(13-7-9-16(10-8-13)22(25,26)27)29-21(30-20)15-4-2-6-18(24)12-15/h1-12H. The van der Waals surface area contributed by atoms with Gasteiger partial charge in [0, 0.05) is 16.7 Å². The number of benzene rings is 3. The first-order valence-corrected chi connectivity index (χ1v) is 8.75. The van der Waals surface area contributed by atoms with Crippen molar-refractivity contribution in [1.82, 2.24) is 15.0 Å². The number of nitrogens with zero attached hydrogens (tertiary/aromatic N) is 3. The van der Waals surface area contributed by atoms with Gasteiger partial charge in [-0.05, 0) is 36.4 Å². The minimum Gasteiger partial charge on any atom is -0.208 e. The Morgan fingerprint density at radius 1 is 0.533 bits per heavy atom. The molecular weight excluding hydrogens is 401 g/mol. The van der Waals surface area contributed by atoms with Crippen molar-refractivity contribution in [3.05, 3.63) is 90.0 Å². The highest BCUT2D eigenvalue weighted by Gasteiger charge is 2.30. The molecule has 4 aromatic rings. The molecule has 0 radical (unpaired) electrons. The van der Waals surface area contributed by atoms with Crippen LogP contribution in [0, 0.1) is 11.6 Å². The van der Waals surface area contributed by atoms with Crippen molar-refractivity contribution in [3.63, 3.8) is 0 Å². The van der Waals surface area contributed by atoms with Crippen LogP contribution in [0.3, 0.4) is 0 Å². The fraction of sp³-hybridized carbons (Fsp3) is 0.0455. The molecule has 3 aromatic carbocycles. The van der Waals surface area contributed by atoms with Gasteiger partial charge in [-0.2, -0.15) is 13.2 Å². The van der Waals surface area contributed by atoms with Crippen LogP contribution in [0.4, 0.5) is 22.0 Å². The molecule has 0 amide bonds. The molecule has 0 aliphatic carbocycles. The van der Waals surface area contributed by atoms with Crippen LogP contribution in [0.5, 0.6) is 0 Å². The van der Waals surface area contributed by atoms with Crippen molar-refractivity contribution in [2.24, 2.45) is 0 Å².